The van der Waals surface area contributed by atoms with Crippen molar-refractivity contribution in [3.8, 4) is 5.75 Å². The molecule has 0 aliphatic rings. The van der Waals surface area contributed by atoms with E-state index in [0.717, 1.165) is 16.0 Å². The van der Waals surface area contributed by atoms with Gasteiger partial charge in [-0.25, -0.2) is 4.39 Å². The van der Waals surface area contributed by atoms with Crippen molar-refractivity contribution < 1.29 is 13.9 Å². The Labute approximate surface area is 144 Å². The lowest BCUT2D eigenvalue weighted by Crippen LogP contribution is -2.27. The molecule has 1 amide bonds. The topological polar surface area (TPSA) is 38.3 Å². The van der Waals surface area contributed by atoms with Crippen LogP contribution in [-0.4, -0.2) is 19.1 Å². The number of amides is 1. The molecule has 0 spiro atoms. The van der Waals surface area contributed by atoms with E-state index in [1.807, 2.05) is 37.3 Å². The lowest BCUT2D eigenvalue weighted by atomic mass is 10.1. The lowest BCUT2D eigenvalue weighted by Gasteiger charge is -2.08. The molecule has 124 valence electrons. The number of hydrogen-bond acceptors (Lipinski definition) is 3. The average Bonchev–Trinajstić information content (AvgIpc) is 2.90. The minimum absolute atomic E-state index is 0.194. The number of rotatable bonds is 5. The molecule has 0 unspecified atom stereocenters. The Kier molecular flexibility index (Phi) is 4.81. The van der Waals surface area contributed by atoms with Crippen LogP contribution in [0.25, 0.3) is 10.1 Å². The van der Waals surface area contributed by atoms with E-state index in [9.17, 15) is 9.18 Å². The van der Waals surface area contributed by atoms with Gasteiger partial charge >= 0.3 is 0 Å². The molecular formula is C19H18FNO2S. The first-order valence-corrected chi connectivity index (χ1v) is 8.53. The van der Waals surface area contributed by atoms with Gasteiger partial charge in [0.05, 0.1) is 11.4 Å². The molecule has 3 aromatic rings. The second-order valence-corrected chi connectivity index (χ2v) is 6.64. The first-order chi connectivity index (χ1) is 11.6. The molecule has 1 aromatic heterocycles. The average molecular weight is 343 g/mol. The van der Waals surface area contributed by atoms with Crippen LogP contribution in [0.4, 0.5) is 4.39 Å². The maximum absolute atomic E-state index is 13.9. The number of thiophene rings is 1. The number of carbonyl (C=O) groups excluding carboxylic acids is 1. The Morgan fingerprint density at radius 2 is 2.00 bits per heavy atom. The van der Waals surface area contributed by atoms with E-state index in [2.05, 4.69) is 5.32 Å². The Bertz CT molecular complexity index is 888. The van der Waals surface area contributed by atoms with E-state index >= 15 is 0 Å². The molecule has 0 aliphatic carbocycles. The van der Waals surface area contributed by atoms with Gasteiger partial charge in [-0.3, -0.25) is 4.79 Å². The van der Waals surface area contributed by atoms with Crippen molar-refractivity contribution in [2.45, 2.75) is 13.8 Å². The molecular weight excluding hydrogens is 325 g/mol. The number of halogens is 1. The highest BCUT2D eigenvalue weighted by Crippen LogP contribution is 2.32. The van der Waals surface area contributed by atoms with Gasteiger partial charge in [0.15, 0.2) is 0 Å². The van der Waals surface area contributed by atoms with E-state index in [1.54, 1.807) is 13.0 Å². The number of fused-ring (bicyclic) bond motifs is 1. The summed E-state index contributed by atoms with van der Waals surface area (Å²) in [6.45, 7) is 4.55. The molecule has 0 atom stereocenters. The van der Waals surface area contributed by atoms with E-state index in [-0.39, 0.29) is 11.7 Å². The molecule has 5 heteroatoms. The van der Waals surface area contributed by atoms with Crippen molar-refractivity contribution >= 4 is 27.3 Å². The fraction of sp³-hybridized carbons (Fsp3) is 0.211. The quantitative estimate of drug-likeness (QED) is 0.694. The Balaban J connectivity index is 1.61. The summed E-state index contributed by atoms with van der Waals surface area (Å²) in [4.78, 5) is 12.9. The summed E-state index contributed by atoms with van der Waals surface area (Å²) in [5, 5.41) is 3.36. The molecule has 0 fully saturated rings. The molecule has 1 N–H and O–H groups in total. The van der Waals surface area contributed by atoms with Gasteiger partial charge in [0.25, 0.3) is 5.91 Å². The second-order valence-electron chi connectivity index (χ2n) is 5.59. The Morgan fingerprint density at radius 1 is 1.21 bits per heavy atom. The monoisotopic (exact) mass is 343 g/mol. The highest BCUT2D eigenvalue weighted by Gasteiger charge is 2.17. The molecule has 3 nitrogen and oxygen atoms in total. The molecule has 24 heavy (non-hydrogen) atoms. The predicted molar refractivity (Wildman–Crippen MR) is 95.5 cm³/mol. The third-order valence-corrected chi connectivity index (χ3v) is 5.01. The number of ether oxygens (including phenoxy) is 1. The number of nitrogens with one attached hydrogen (secondary N) is 1. The van der Waals surface area contributed by atoms with Crippen LogP contribution < -0.4 is 10.1 Å². The van der Waals surface area contributed by atoms with Crippen molar-refractivity contribution in [3.05, 3.63) is 64.3 Å². The zero-order chi connectivity index (χ0) is 17.1. The van der Waals surface area contributed by atoms with Crippen molar-refractivity contribution in [1.29, 1.82) is 0 Å². The van der Waals surface area contributed by atoms with Gasteiger partial charge in [-0.05, 0) is 49.2 Å². The van der Waals surface area contributed by atoms with E-state index in [0.29, 0.717) is 29.0 Å². The standard InChI is InChI=1S/C19H18FNO2S/c1-12-5-3-6-14(11-12)23-10-9-21-19(22)18-13(2)17-15(20)7-4-8-16(17)24-18/h3-8,11H,9-10H2,1-2H3,(H,21,22). The van der Waals surface area contributed by atoms with Gasteiger partial charge in [0.1, 0.15) is 18.2 Å². The zero-order valence-electron chi connectivity index (χ0n) is 13.6. The molecule has 2 aromatic carbocycles. The van der Waals surface area contributed by atoms with Gasteiger partial charge in [0.2, 0.25) is 0 Å². The number of benzene rings is 2. The minimum atomic E-state index is -0.289. The number of aryl methyl sites for hydroxylation is 2. The summed E-state index contributed by atoms with van der Waals surface area (Å²) in [5.41, 5.74) is 1.81. The van der Waals surface area contributed by atoms with Gasteiger partial charge < -0.3 is 10.1 Å². The first kappa shape index (κ1) is 16.5. The summed E-state index contributed by atoms with van der Waals surface area (Å²) >= 11 is 1.31. The molecule has 0 saturated carbocycles. The van der Waals surface area contributed by atoms with Gasteiger partial charge in [0, 0.05) is 10.1 Å². The number of hydrogen-bond donors (Lipinski definition) is 1. The van der Waals surface area contributed by atoms with Crippen LogP contribution in [-0.2, 0) is 0 Å². The van der Waals surface area contributed by atoms with E-state index < -0.39 is 0 Å². The summed E-state index contributed by atoms with van der Waals surface area (Å²) < 4.78 is 20.3. The molecule has 0 bridgehead atoms. The largest absolute Gasteiger partial charge is 0.492 e. The molecule has 0 aliphatic heterocycles. The first-order valence-electron chi connectivity index (χ1n) is 7.71. The summed E-state index contributed by atoms with van der Waals surface area (Å²) in [6, 6.07) is 12.7. The normalized spacial score (nSPS) is 10.8. The predicted octanol–water partition coefficient (Wildman–Crippen LogP) is 4.47. The van der Waals surface area contributed by atoms with Crippen molar-refractivity contribution in [2.24, 2.45) is 0 Å². The van der Waals surface area contributed by atoms with E-state index in [1.165, 1.54) is 17.4 Å². The van der Waals surface area contributed by atoms with Crippen LogP contribution in [0, 0.1) is 19.7 Å². The van der Waals surface area contributed by atoms with Crippen molar-refractivity contribution in [3.63, 3.8) is 0 Å². The van der Waals surface area contributed by atoms with Crippen LogP contribution in [0.3, 0.4) is 0 Å². The maximum Gasteiger partial charge on any atom is 0.261 e. The maximum atomic E-state index is 13.9. The van der Waals surface area contributed by atoms with Crippen LogP contribution in [0.5, 0.6) is 5.75 Å². The third-order valence-electron chi connectivity index (χ3n) is 3.76. The molecule has 1 heterocycles. The smallest absolute Gasteiger partial charge is 0.261 e. The minimum Gasteiger partial charge on any atom is -0.492 e. The van der Waals surface area contributed by atoms with Crippen molar-refractivity contribution in [2.75, 3.05) is 13.2 Å². The Morgan fingerprint density at radius 3 is 2.75 bits per heavy atom. The Hall–Kier alpha value is -2.40. The van der Waals surface area contributed by atoms with Crippen molar-refractivity contribution in [1.82, 2.24) is 5.32 Å². The van der Waals surface area contributed by atoms with Gasteiger partial charge in [-0.15, -0.1) is 11.3 Å². The fourth-order valence-electron chi connectivity index (χ4n) is 2.59. The third kappa shape index (κ3) is 3.41. The summed E-state index contributed by atoms with van der Waals surface area (Å²) in [7, 11) is 0. The molecule has 0 radical (unpaired) electrons. The van der Waals surface area contributed by atoms with Crippen LogP contribution in [0.2, 0.25) is 0 Å². The van der Waals surface area contributed by atoms with Gasteiger partial charge in [-0.2, -0.15) is 0 Å². The van der Waals surface area contributed by atoms with Crippen LogP contribution in [0.15, 0.2) is 42.5 Å². The highest BCUT2D eigenvalue weighted by molar-refractivity contribution is 7.21. The van der Waals surface area contributed by atoms with Crippen LogP contribution in [0.1, 0.15) is 20.8 Å². The zero-order valence-corrected chi connectivity index (χ0v) is 14.4. The van der Waals surface area contributed by atoms with E-state index in [4.69, 9.17) is 4.74 Å². The lowest BCUT2D eigenvalue weighted by molar-refractivity contribution is 0.0950. The fourth-order valence-corrected chi connectivity index (χ4v) is 3.73. The summed E-state index contributed by atoms with van der Waals surface area (Å²) in [6.07, 6.45) is 0. The SMILES string of the molecule is Cc1cccc(OCCNC(=O)c2sc3cccc(F)c3c2C)c1. The highest BCUT2D eigenvalue weighted by atomic mass is 32.1. The second kappa shape index (κ2) is 7.01. The van der Waals surface area contributed by atoms with Gasteiger partial charge in [-0.1, -0.05) is 18.2 Å². The molecule has 0 saturated heterocycles. The number of carbonyl (C=O) groups is 1. The summed E-state index contributed by atoms with van der Waals surface area (Å²) in [5.74, 6) is 0.299. The van der Waals surface area contributed by atoms with Crippen LogP contribution >= 0.6 is 11.3 Å². The molecule has 3 rings (SSSR count).